The highest BCUT2D eigenvalue weighted by atomic mass is 32.1. The van der Waals surface area contributed by atoms with Crippen molar-refractivity contribution >= 4 is 23.2 Å². The largest absolute Gasteiger partial charge is 0.339 e. The first-order valence-corrected chi connectivity index (χ1v) is 9.51. The highest BCUT2D eigenvalue weighted by molar-refractivity contribution is 7.09. The Morgan fingerprint density at radius 3 is 2.28 bits per heavy atom. The summed E-state index contributed by atoms with van der Waals surface area (Å²) in [6.45, 7) is 6.37. The Balaban J connectivity index is 1.53. The molecule has 1 fully saturated rings. The first-order chi connectivity index (χ1) is 12.1. The number of benzene rings is 1. The van der Waals surface area contributed by atoms with E-state index in [2.05, 4.69) is 11.9 Å². The Morgan fingerprint density at radius 1 is 1.08 bits per heavy atom. The molecule has 0 atom stereocenters. The quantitative estimate of drug-likeness (QED) is 0.845. The number of piperazine rings is 1. The van der Waals surface area contributed by atoms with Gasteiger partial charge in [-0.3, -0.25) is 9.59 Å². The summed E-state index contributed by atoms with van der Waals surface area (Å²) >= 11 is 1.56. The van der Waals surface area contributed by atoms with Gasteiger partial charge in [0.05, 0.1) is 17.1 Å². The van der Waals surface area contributed by atoms with Crippen LogP contribution in [0.3, 0.4) is 0 Å². The number of rotatable bonds is 4. The maximum Gasteiger partial charge on any atom is 0.253 e. The number of thiazole rings is 1. The van der Waals surface area contributed by atoms with E-state index in [9.17, 15) is 9.59 Å². The Bertz CT molecular complexity index is 746. The van der Waals surface area contributed by atoms with E-state index in [4.69, 9.17) is 0 Å². The van der Waals surface area contributed by atoms with Crippen molar-refractivity contribution in [1.82, 2.24) is 14.8 Å². The van der Waals surface area contributed by atoms with Crippen molar-refractivity contribution in [3.63, 3.8) is 0 Å². The molecule has 2 aromatic rings. The number of nitrogens with zero attached hydrogens (tertiary/aromatic N) is 3. The molecule has 132 valence electrons. The lowest BCUT2D eigenvalue weighted by atomic mass is 10.1. The number of carbonyl (C=O) groups excluding carboxylic acids is 2. The SMILES string of the molecule is CCc1ccc(C(=O)N2CCN(C(=O)Cc3csc(C)n3)CC2)cc1. The average molecular weight is 357 g/mol. The lowest BCUT2D eigenvalue weighted by Gasteiger charge is -2.34. The molecule has 0 radical (unpaired) electrons. The molecule has 0 bridgehead atoms. The standard InChI is InChI=1S/C19H23N3O2S/c1-3-15-4-6-16(7-5-15)19(24)22-10-8-21(9-11-22)18(23)12-17-13-25-14(2)20-17/h4-7,13H,3,8-12H2,1-2H3. The van der Waals surface area contributed by atoms with Crippen LogP contribution in [-0.2, 0) is 17.6 Å². The normalized spacial score (nSPS) is 14.6. The smallest absolute Gasteiger partial charge is 0.253 e. The van der Waals surface area contributed by atoms with Gasteiger partial charge in [0.1, 0.15) is 0 Å². The van der Waals surface area contributed by atoms with Gasteiger partial charge in [0.25, 0.3) is 5.91 Å². The van der Waals surface area contributed by atoms with Crippen LogP contribution in [0.1, 0.15) is 33.5 Å². The number of hydrogen-bond acceptors (Lipinski definition) is 4. The maximum absolute atomic E-state index is 12.6. The molecule has 1 saturated heterocycles. The summed E-state index contributed by atoms with van der Waals surface area (Å²) in [7, 11) is 0. The summed E-state index contributed by atoms with van der Waals surface area (Å²) < 4.78 is 0. The van der Waals surface area contributed by atoms with Crippen LogP contribution >= 0.6 is 11.3 Å². The van der Waals surface area contributed by atoms with Crippen molar-refractivity contribution in [2.24, 2.45) is 0 Å². The summed E-state index contributed by atoms with van der Waals surface area (Å²) in [4.78, 5) is 33.0. The van der Waals surface area contributed by atoms with Gasteiger partial charge in [0.15, 0.2) is 0 Å². The zero-order valence-electron chi connectivity index (χ0n) is 14.7. The summed E-state index contributed by atoms with van der Waals surface area (Å²) in [5, 5.41) is 2.92. The zero-order chi connectivity index (χ0) is 17.8. The third-order valence-corrected chi connectivity index (χ3v) is 5.35. The molecule has 0 unspecified atom stereocenters. The van der Waals surface area contributed by atoms with Gasteiger partial charge < -0.3 is 9.80 Å². The molecule has 2 heterocycles. The molecule has 0 saturated carbocycles. The summed E-state index contributed by atoms with van der Waals surface area (Å²) in [6, 6.07) is 7.79. The van der Waals surface area contributed by atoms with E-state index < -0.39 is 0 Å². The summed E-state index contributed by atoms with van der Waals surface area (Å²) in [5.74, 6) is 0.134. The highest BCUT2D eigenvalue weighted by Gasteiger charge is 2.25. The van der Waals surface area contributed by atoms with Crippen molar-refractivity contribution in [1.29, 1.82) is 0 Å². The summed E-state index contributed by atoms with van der Waals surface area (Å²) in [6.07, 6.45) is 1.31. The van der Waals surface area contributed by atoms with Crippen molar-refractivity contribution < 1.29 is 9.59 Å². The number of amides is 2. The van der Waals surface area contributed by atoms with E-state index in [0.29, 0.717) is 32.6 Å². The van der Waals surface area contributed by atoms with E-state index in [1.54, 1.807) is 11.3 Å². The Labute approximate surface area is 152 Å². The molecule has 1 aliphatic heterocycles. The monoisotopic (exact) mass is 357 g/mol. The minimum atomic E-state index is 0.0462. The second-order valence-corrected chi connectivity index (χ2v) is 7.32. The molecule has 0 spiro atoms. The van der Waals surface area contributed by atoms with Crippen molar-refractivity contribution in [3.8, 4) is 0 Å². The second kappa shape index (κ2) is 7.78. The van der Waals surface area contributed by atoms with Crippen molar-refractivity contribution in [2.45, 2.75) is 26.7 Å². The van der Waals surface area contributed by atoms with E-state index in [1.807, 2.05) is 46.4 Å². The molecule has 25 heavy (non-hydrogen) atoms. The van der Waals surface area contributed by atoms with Crippen LogP contribution in [0.25, 0.3) is 0 Å². The van der Waals surface area contributed by atoms with Gasteiger partial charge in [0.2, 0.25) is 5.91 Å². The van der Waals surface area contributed by atoms with Crippen LogP contribution < -0.4 is 0 Å². The van der Waals surface area contributed by atoms with E-state index in [-0.39, 0.29) is 11.8 Å². The molecule has 6 heteroatoms. The molecular formula is C19H23N3O2S. The maximum atomic E-state index is 12.6. The molecule has 1 aliphatic rings. The van der Waals surface area contributed by atoms with Crippen LogP contribution in [0.4, 0.5) is 0 Å². The predicted molar refractivity (Wildman–Crippen MR) is 98.9 cm³/mol. The summed E-state index contributed by atoms with van der Waals surface area (Å²) in [5.41, 5.74) is 2.78. The second-order valence-electron chi connectivity index (χ2n) is 6.26. The average Bonchev–Trinajstić information content (AvgIpc) is 3.06. The molecule has 2 amide bonds. The minimum Gasteiger partial charge on any atom is -0.339 e. The number of aryl methyl sites for hydroxylation is 2. The van der Waals surface area contributed by atoms with Crippen molar-refractivity contribution in [2.75, 3.05) is 26.2 Å². The van der Waals surface area contributed by atoms with Gasteiger partial charge in [-0.15, -0.1) is 11.3 Å². The first kappa shape index (κ1) is 17.6. The number of carbonyl (C=O) groups is 2. The van der Waals surface area contributed by atoms with E-state index in [0.717, 1.165) is 22.7 Å². The van der Waals surface area contributed by atoms with E-state index in [1.165, 1.54) is 5.56 Å². The Morgan fingerprint density at radius 2 is 1.72 bits per heavy atom. The fourth-order valence-corrected chi connectivity index (χ4v) is 3.59. The van der Waals surface area contributed by atoms with Crippen LogP contribution in [0, 0.1) is 6.92 Å². The molecule has 0 aliphatic carbocycles. The molecule has 1 aromatic carbocycles. The van der Waals surface area contributed by atoms with Crippen molar-refractivity contribution in [3.05, 3.63) is 51.5 Å². The van der Waals surface area contributed by atoms with Gasteiger partial charge in [-0.1, -0.05) is 19.1 Å². The minimum absolute atomic E-state index is 0.0462. The van der Waals surface area contributed by atoms with Crippen LogP contribution in [0.15, 0.2) is 29.6 Å². The van der Waals surface area contributed by atoms with Gasteiger partial charge >= 0.3 is 0 Å². The molecule has 5 nitrogen and oxygen atoms in total. The predicted octanol–water partition coefficient (Wildman–Crippen LogP) is 2.54. The van der Waals surface area contributed by atoms with Gasteiger partial charge in [0, 0.05) is 37.1 Å². The molecule has 1 aromatic heterocycles. The number of aromatic nitrogens is 1. The molecule has 0 N–H and O–H groups in total. The Hall–Kier alpha value is -2.21. The van der Waals surface area contributed by atoms with Gasteiger partial charge in [-0.05, 0) is 31.0 Å². The molecular weight excluding hydrogens is 334 g/mol. The van der Waals surface area contributed by atoms with Crippen LogP contribution in [-0.4, -0.2) is 52.8 Å². The fourth-order valence-electron chi connectivity index (χ4n) is 2.98. The lowest BCUT2D eigenvalue weighted by Crippen LogP contribution is -2.51. The first-order valence-electron chi connectivity index (χ1n) is 8.64. The van der Waals surface area contributed by atoms with Gasteiger partial charge in [-0.2, -0.15) is 0 Å². The van der Waals surface area contributed by atoms with Gasteiger partial charge in [-0.25, -0.2) is 4.98 Å². The third kappa shape index (κ3) is 4.25. The Kier molecular flexibility index (Phi) is 5.48. The molecule has 3 rings (SSSR count). The zero-order valence-corrected chi connectivity index (χ0v) is 15.5. The highest BCUT2D eigenvalue weighted by Crippen LogP contribution is 2.13. The van der Waals surface area contributed by atoms with Crippen LogP contribution in [0.2, 0.25) is 0 Å². The van der Waals surface area contributed by atoms with Crippen LogP contribution in [0.5, 0.6) is 0 Å². The number of hydrogen-bond donors (Lipinski definition) is 0. The fraction of sp³-hybridized carbons (Fsp3) is 0.421. The van der Waals surface area contributed by atoms with E-state index >= 15 is 0 Å². The third-order valence-electron chi connectivity index (χ3n) is 4.53. The lowest BCUT2D eigenvalue weighted by molar-refractivity contribution is -0.132. The topological polar surface area (TPSA) is 53.5 Å².